The third-order valence-corrected chi connectivity index (χ3v) is 3.14. The molecule has 6 heteroatoms. The zero-order chi connectivity index (χ0) is 14.4. The molecule has 0 radical (unpaired) electrons. The number of aromatic hydroxyl groups is 1. The van der Waals surface area contributed by atoms with Gasteiger partial charge in [0.1, 0.15) is 5.75 Å². The average molecular weight is 278 g/mol. The van der Waals surface area contributed by atoms with E-state index in [1.807, 2.05) is 0 Å². The number of hydrogen-bond donors (Lipinski definition) is 2. The molecule has 0 spiro atoms. The molecule has 0 aromatic heterocycles. The van der Waals surface area contributed by atoms with Crippen LogP contribution in [-0.2, 0) is 9.53 Å². The molecule has 1 aliphatic rings. The number of rotatable bonds is 4. The number of morpholine rings is 1. The van der Waals surface area contributed by atoms with Crippen molar-refractivity contribution in [1.29, 1.82) is 0 Å². The summed E-state index contributed by atoms with van der Waals surface area (Å²) in [5.74, 6) is -0.437. The fourth-order valence-corrected chi connectivity index (χ4v) is 2.01. The van der Waals surface area contributed by atoms with Crippen LogP contribution in [0.5, 0.6) is 5.75 Å². The smallest absolute Gasteiger partial charge is 0.255 e. The highest BCUT2D eigenvalue weighted by molar-refractivity contribution is 5.96. The van der Waals surface area contributed by atoms with Crippen LogP contribution >= 0.6 is 0 Å². The Labute approximate surface area is 117 Å². The molecule has 2 N–H and O–H groups in total. The monoisotopic (exact) mass is 278 g/mol. The highest BCUT2D eigenvalue weighted by Gasteiger charge is 2.17. The normalized spacial score (nSPS) is 14.9. The van der Waals surface area contributed by atoms with Crippen molar-refractivity contribution in [1.82, 2.24) is 10.2 Å². The van der Waals surface area contributed by atoms with E-state index in [2.05, 4.69) is 5.32 Å². The summed E-state index contributed by atoms with van der Waals surface area (Å²) in [6, 6.07) is 6.31. The van der Waals surface area contributed by atoms with Crippen molar-refractivity contribution in [2.24, 2.45) is 0 Å². The molecule has 1 aliphatic heterocycles. The van der Waals surface area contributed by atoms with Gasteiger partial charge in [-0.25, -0.2) is 0 Å². The fourth-order valence-electron chi connectivity index (χ4n) is 2.01. The molecule has 108 valence electrons. The van der Waals surface area contributed by atoms with Gasteiger partial charge in [-0.05, 0) is 12.1 Å². The zero-order valence-electron chi connectivity index (χ0n) is 11.2. The molecule has 20 heavy (non-hydrogen) atoms. The van der Waals surface area contributed by atoms with Crippen molar-refractivity contribution in [3.8, 4) is 5.75 Å². The lowest BCUT2D eigenvalue weighted by atomic mass is 10.2. The maximum Gasteiger partial charge on any atom is 0.255 e. The average Bonchev–Trinajstić information content (AvgIpc) is 2.48. The number of benzene rings is 1. The van der Waals surface area contributed by atoms with Crippen LogP contribution in [-0.4, -0.2) is 54.7 Å². The van der Waals surface area contributed by atoms with Crippen LogP contribution in [0.3, 0.4) is 0 Å². The number of phenolic OH excluding ortho intramolecular Hbond substituents is 1. The van der Waals surface area contributed by atoms with Crippen molar-refractivity contribution in [3.05, 3.63) is 29.8 Å². The van der Waals surface area contributed by atoms with Crippen LogP contribution in [0.4, 0.5) is 0 Å². The lowest BCUT2D eigenvalue weighted by molar-refractivity contribution is -0.135. The molecule has 1 fully saturated rings. The molecule has 0 bridgehead atoms. The zero-order valence-corrected chi connectivity index (χ0v) is 11.2. The first-order valence-electron chi connectivity index (χ1n) is 6.60. The van der Waals surface area contributed by atoms with Crippen molar-refractivity contribution < 1.29 is 19.4 Å². The van der Waals surface area contributed by atoms with E-state index in [0.717, 1.165) is 0 Å². The van der Waals surface area contributed by atoms with E-state index in [9.17, 15) is 14.7 Å². The summed E-state index contributed by atoms with van der Waals surface area (Å²) in [6.07, 6.45) is 0.249. The molecule has 2 rings (SSSR count). The molecule has 1 heterocycles. The quantitative estimate of drug-likeness (QED) is 0.834. The Kier molecular flexibility index (Phi) is 4.95. The second-order valence-corrected chi connectivity index (χ2v) is 4.52. The summed E-state index contributed by atoms with van der Waals surface area (Å²) in [7, 11) is 0. The van der Waals surface area contributed by atoms with E-state index in [1.54, 1.807) is 17.0 Å². The third-order valence-electron chi connectivity index (χ3n) is 3.14. The maximum atomic E-state index is 11.9. The first-order valence-corrected chi connectivity index (χ1v) is 6.60. The Bertz CT molecular complexity index is 484. The SMILES string of the molecule is O=C(NCCC(=O)N1CCOCC1)c1ccccc1O. The number of para-hydroxylation sites is 1. The first-order chi connectivity index (χ1) is 9.68. The maximum absolute atomic E-state index is 11.9. The van der Waals surface area contributed by atoms with Gasteiger partial charge in [-0.15, -0.1) is 0 Å². The Morgan fingerprint density at radius 3 is 2.65 bits per heavy atom. The molecular formula is C14H18N2O4. The van der Waals surface area contributed by atoms with Gasteiger partial charge < -0.3 is 20.1 Å². The van der Waals surface area contributed by atoms with Crippen molar-refractivity contribution in [2.75, 3.05) is 32.8 Å². The predicted octanol–water partition coefficient (Wildman–Crippen LogP) is 0.371. The molecule has 0 unspecified atom stereocenters. The summed E-state index contributed by atoms with van der Waals surface area (Å²) in [4.78, 5) is 25.4. The number of ether oxygens (including phenoxy) is 1. The summed E-state index contributed by atoms with van der Waals surface area (Å²) < 4.78 is 5.17. The van der Waals surface area contributed by atoms with Crippen molar-refractivity contribution in [2.45, 2.75) is 6.42 Å². The van der Waals surface area contributed by atoms with Gasteiger partial charge in [-0.2, -0.15) is 0 Å². The minimum Gasteiger partial charge on any atom is -0.507 e. The van der Waals surface area contributed by atoms with Gasteiger partial charge in [0.25, 0.3) is 5.91 Å². The molecule has 1 aromatic rings. The van der Waals surface area contributed by atoms with Crippen LogP contribution in [0.15, 0.2) is 24.3 Å². The molecule has 1 saturated heterocycles. The van der Waals surface area contributed by atoms with Gasteiger partial charge in [0.05, 0.1) is 18.8 Å². The van der Waals surface area contributed by atoms with Crippen LogP contribution in [0.1, 0.15) is 16.8 Å². The van der Waals surface area contributed by atoms with Crippen LogP contribution < -0.4 is 5.32 Å². The molecule has 1 aromatic carbocycles. The number of amides is 2. The highest BCUT2D eigenvalue weighted by atomic mass is 16.5. The number of nitrogens with one attached hydrogen (secondary N) is 1. The summed E-state index contributed by atoms with van der Waals surface area (Å²) in [6.45, 7) is 2.59. The van der Waals surface area contributed by atoms with Gasteiger partial charge >= 0.3 is 0 Å². The lowest BCUT2D eigenvalue weighted by Crippen LogP contribution is -2.42. The van der Waals surface area contributed by atoms with Gasteiger partial charge in [-0.3, -0.25) is 9.59 Å². The minimum atomic E-state index is -0.377. The van der Waals surface area contributed by atoms with Gasteiger partial charge in [-0.1, -0.05) is 12.1 Å². The number of carbonyl (C=O) groups is 2. The van der Waals surface area contributed by atoms with E-state index in [0.29, 0.717) is 26.3 Å². The molecule has 0 aliphatic carbocycles. The second kappa shape index (κ2) is 6.91. The molecule has 0 saturated carbocycles. The largest absolute Gasteiger partial charge is 0.507 e. The number of phenols is 1. The Morgan fingerprint density at radius 1 is 1.25 bits per heavy atom. The number of carbonyl (C=O) groups excluding carboxylic acids is 2. The van der Waals surface area contributed by atoms with E-state index >= 15 is 0 Å². The van der Waals surface area contributed by atoms with E-state index < -0.39 is 0 Å². The van der Waals surface area contributed by atoms with Crippen molar-refractivity contribution >= 4 is 11.8 Å². The number of nitrogens with zero attached hydrogens (tertiary/aromatic N) is 1. The lowest BCUT2D eigenvalue weighted by Gasteiger charge is -2.26. The Balaban J connectivity index is 1.76. The standard InChI is InChI=1S/C14H18N2O4/c17-12-4-2-1-3-11(12)14(19)15-6-5-13(18)16-7-9-20-10-8-16/h1-4,17H,5-10H2,(H,15,19). The number of hydrogen-bond acceptors (Lipinski definition) is 4. The van der Waals surface area contributed by atoms with Gasteiger partial charge in [0.15, 0.2) is 0 Å². The summed E-state index contributed by atoms with van der Waals surface area (Å²) >= 11 is 0. The highest BCUT2D eigenvalue weighted by Crippen LogP contribution is 2.14. The Morgan fingerprint density at radius 2 is 1.95 bits per heavy atom. The predicted molar refractivity (Wildman–Crippen MR) is 72.5 cm³/mol. The van der Waals surface area contributed by atoms with E-state index in [4.69, 9.17) is 4.74 Å². The van der Waals surface area contributed by atoms with Gasteiger partial charge in [0.2, 0.25) is 5.91 Å². The third kappa shape index (κ3) is 3.71. The Hall–Kier alpha value is -2.08. The topological polar surface area (TPSA) is 78.9 Å². The molecule has 6 nitrogen and oxygen atoms in total. The summed E-state index contributed by atoms with van der Waals surface area (Å²) in [5, 5.41) is 12.2. The molecule has 2 amide bonds. The van der Waals surface area contributed by atoms with Crippen molar-refractivity contribution in [3.63, 3.8) is 0 Å². The van der Waals surface area contributed by atoms with Crippen LogP contribution in [0, 0.1) is 0 Å². The first kappa shape index (κ1) is 14.3. The minimum absolute atomic E-state index is 0.00545. The van der Waals surface area contributed by atoms with Crippen LogP contribution in [0.25, 0.3) is 0 Å². The van der Waals surface area contributed by atoms with E-state index in [1.165, 1.54) is 12.1 Å². The molecular weight excluding hydrogens is 260 g/mol. The second-order valence-electron chi connectivity index (χ2n) is 4.52. The fraction of sp³-hybridized carbons (Fsp3) is 0.429. The molecule has 0 atom stereocenters. The van der Waals surface area contributed by atoms with Gasteiger partial charge in [0, 0.05) is 26.1 Å². The van der Waals surface area contributed by atoms with Crippen LogP contribution in [0.2, 0.25) is 0 Å². The summed E-state index contributed by atoms with van der Waals surface area (Å²) in [5.41, 5.74) is 0.214. The van der Waals surface area contributed by atoms with E-state index in [-0.39, 0.29) is 36.1 Å².